The number of hydrogen-bond donors (Lipinski definition) is 1. The fourth-order valence-corrected chi connectivity index (χ4v) is 4.57. The molecule has 3 rings (SSSR count). The molecule has 0 radical (unpaired) electrons. The molecular formula is C18H26N2OS. The van der Waals surface area contributed by atoms with E-state index in [1.54, 1.807) is 11.8 Å². The molecule has 2 fully saturated rings. The number of rotatable bonds is 3. The van der Waals surface area contributed by atoms with Crippen molar-refractivity contribution in [2.75, 3.05) is 31.9 Å². The molecule has 0 aliphatic carbocycles. The normalized spacial score (nSPS) is 21.0. The van der Waals surface area contributed by atoms with Crippen LogP contribution in [0.4, 0.5) is 0 Å². The van der Waals surface area contributed by atoms with E-state index >= 15 is 0 Å². The van der Waals surface area contributed by atoms with E-state index in [9.17, 15) is 4.79 Å². The summed E-state index contributed by atoms with van der Waals surface area (Å²) in [6.45, 7) is 6.31. The smallest absolute Gasteiger partial charge is 0.232 e. The third-order valence-corrected chi connectivity index (χ3v) is 6.45. The minimum Gasteiger partial charge on any atom is -0.342 e. The van der Waals surface area contributed by atoms with Crippen LogP contribution in [-0.2, 0) is 4.79 Å². The van der Waals surface area contributed by atoms with Crippen LogP contribution in [0.2, 0.25) is 0 Å². The predicted molar refractivity (Wildman–Crippen MR) is 92.3 cm³/mol. The molecule has 3 nitrogen and oxygen atoms in total. The van der Waals surface area contributed by atoms with Crippen LogP contribution in [0, 0.1) is 12.3 Å². The standard InChI is InChI=1S/C18H26N2OS/c1-15-4-2-3-5-16(15)22-14-17(21)20-12-8-18(9-13-20)6-10-19-11-7-18/h2-5,19H,6-14H2,1H3. The Morgan fingerprint density at radius 1 is 1.18 bits per heavy atom. The zero-order valence-electron chi connectivity index (χ0n) is 13.4. The van der Waals surface area contributed by atoms with Crippen LogP contribution in [0.1, 0.15) is 31.2 Å². The number of piperidine rings is 2. The summed E-state index contributed by atoms with van der Waals surface area (Å²) in [5.41, 5.74) is 1.78. The Kier molecular flexibility index (Phi) is 5.09. The van der Waals surface area contributed by atoms with Crippen LogP contribution in [0.3, 0.4) is 0 Å². The maximum Gasteiger partial charge on any atom is 0.232 e. The summed E-state index contributed by atoms with van der Waals surface area (Å²) in [6.07, 6.45) is 4.95. The van der Waals surface area contributed by atoms with E-state index in [2.05, 4.69) is 29.3 Å². The van der Waals surface area contributed by atoms with Crippen LogP contribution in [0.15, 0.2) is 29.2 Å². The van der Waals surface area contributed by atoms with Gasteiger partial charge in [-0.15, -0.1) is 11.8 Å². The highest BCUT2D eigenvalue weighted by Crippen LogP contribution is 2.39. The summed E-state index contributed by atoms with van der Waals surface area (Å²) in [7, 11) is 0. The van der Waals surface area contributed by atoms with Crippen LogP contribution in [0.25, 0.3) is 0 Å². The van der Waals surface area contributed by atoms with E-state index in [4.69, 9.17) is 0 Å². The summed E-state index contributed by atoms with van der Waals surface area (Å²) >= 11 is 1.67. The van der Waals surface area contributed by atoms with Crippen molar-refractivity contribution in [3.8, 4) is 0 Å². The van der Waals surface area contributed by atoms with Crippen molar-refractivity contribution in [3.63, 3.8) is 0 Å². The number of likely N-dealkylation sites (tertiary alicyclic amines) is 1. The van der Waals surface area contributed by atoms with Crippen molar-refractivity contribution in [1.82, 2.24) is 10.2 Å². The first-order valence-corrected chi connectivity index (χ1v) is 9.34. The van der Waals surface area contributed by atoms with Gasteiger partial charge in [0.15, 0.2) is 0 Å². The molecule has 1 spiro atoms. The molecule has 4 heteroatoms. The van der Waals surface area contributed by atoms with E-state index in [-0.39, 0.29) is 0 Å². The summed E-state index contributed by atoms with van der Waals surface area (Å²) in [4.78, 5) is 15.8. The van der Waals surface area contributed by atoms with Gasteiger partial charge in [0.25, 0.3) is 0 Å². The Morgan fingerprint density at radius 3 is 2.55 bits per heavy atom. The maximum absolute atomic E-state index is 12.4. The van der Waals surface area contributed by atoms with Gasteiger partial charge in [-0.3, -0.25) is 4.79 Å². The SMILES string of the molecule is Cc1ccccc1SCC(=O)N1CCC2(CCNCC2)CC1. The van der Waals surface area contributed by atoms with Gasteiger partial charge in [-0.2, -0.15) is 0 Å². The lowest BCUT2D eigenvalue weighted by molar-refractivity contribution is -0.130. The van der Waals surface area contributed by atoms with Crippen molar-refractivity contribution in [2.24, 2.45) is 5.41 Å². The molecule has 120 valence electrons. The van der Waals surface area contributed by atoms with Gasteiger partial charge in [0, 0.05) is 18.0 Å². The average molecular weight is 318 g/mol. The number of hydrogen-bond acceptors (Lipinski definition) is 3. The van der Waals surface area contributed by atoms with E-state index < -0.39 is 0 Å². The van der Waals surface area contributed by atoms with E-state index in [0.29, 0.717) is 17.1 Å². The van der Waals surface area contributed by atoms with Crippen LogP contribution < -0.4 is 5.32 Å². The molecular weight excluding hydrogens is 292 g/mol. The third kappa shape index (κ3) is 3.66. The summed E-state index contributed by atoms with van der Waals surface area (Å²) in [6, 6.07) is 8.30. The Morgan fingerprint density at radius 2 is 1.86 bits per heavy atom. The van der Waals surface area contributed by atoms with Crippen molar-refractivity contribution >= 4 is 17.7 Å². The molecule has 2 heterocycles. The highest BCUT2D eigenvalue weighted by atomic mass is 32.2. The summed E-state index contributed by atoms with van der Waals surface area (Å²) < 4.78 is 0. The molecule has 22 heavy (non-hydrogen) atoms. The van der Waals surface area contributed by atoms with Crippen LogP contribution in [-0.4, -0.2) is 42.7 Å². The van der Waals surface area contributed by atoms with Gasteiger partial charge in [0.2, 0.25) is 5.91 Å². The number of amides is 1. The lowest BCUT2D eigenvalue weighted by Gasteiger charge is -2.44. The fourth-order valence-electron chi connectivity index (χ4n) is 3.64. The van der Waals surface area contributed by atoms with Gasteiger partial charge in [-0.05, 0) is 62.7 Å². The van der Waals surface area contributed by atoms with Crippen molar-refractivity contribution in [3.05, 3.63) is 29.8 Å². The van der Waals surface area contributed by atoms with Crippen molar-refractivity contribution in [2.45, 2.75) is 37.5 Å². The number of aryl methyl sites for hydroxylation is 1. The number of nitrogens with zero attached hydrogens (tertiary/aromatic N) is 1. The Balaban J connectivity index is 1.49. The fraction of sp³-hybridized carbons (Fsp3) is 0.611. The minimum absolute atomic E-state index is 0.303. The second kappa shape index (κ2) is 7.05. The Hall–Kier alpha value is -1.00. The molecule has 1 amide bonds. The third-order valence-electron chi connectivity index (χ3n) is 5.29. The number of carbonyl (C=O) groups is 1. The first-order valence-electron chi connectivity index (χ1n) is 8.36. The van der Waals surface area contributed by atoms with Crippen molar-refractivity contribution < 1.29 is 4.79 Å². The van der Waals surface area contributed by atoms with Gasteiger partial charge in [-0.1, -0.05) is 18.2 Å². The Bertz CT molecular complexity index is 516. The molecule has 1 aromatic rings. The molecule has 1 N–H and O–H groups in total. The summed E-state index contributed by atoms with van der Waals surface area (Å²) in [5.74, 6) is 0.872. The van der Waals surface area contributed by atoms with Gasteiger partial charge >= 0.3 is 0 Å². The van der Waals surface area contributed by atoms with Crippen molar-refractivity contribution in [1.29, 1.82) is 0 Å². The minimum atomic E-state index is 0.303. The molecule has 0 unspecified atom stereocenters. The molecule has 0 atom stereocenters. The van der Waals surface area contributed by atoms with Gasteiger partial charge < -0.3 is 10.2 Å². The van der Waals surface area contributed by atoms with Crippen LogP contribution in [0.5, 0.6) is 0 Å². The maximum atomic E-state index is 12.4. The van der Waals surface area contributed by atoms with Gasteiger partial charge in [0.05, 0.1) is 5.75 Å². The molecule has 2 aliphatic rings. The quantitative estimate of drug-likeness (QED) is 0.869. The largest absolute Gasteiger partial charge is 0.342 e. The molecule has 0 bridgehead atoms. The lowest BCUT2D eigenvalue weighted by atomic mass is 9.71. The Labute approximate surface area is 137 Å². The highest BCUT2D eigenvalue weighted by molar-refractivity contribution is 8.00. The first-order chi connectivity index (χ1) is 10.7. The zero-order chi connectivity index (χ0) is 15.4. The van der Waals surface area contributed by atoms with Gasteiger partial charge in [0.1, 0.15) is 0 Å². The first kappa shape index (κ1) is 15.9. The molecule has 0 saturated carbocycles. The molecule has 0 aromatic heterocycles. The number of thioether (sulfide) groups is 1. The molecule has 2 saturated heterocycles. The number of carbonyl (C=O) groups excluding carboxylic acids is 1. The van der Waals surface area contributed by atoms with Gasteiger partial charge in [-0.25, -0.2) is 0 Å². The second-order valence-corrected chi connectivity index (χ2v) is 7.70. The molecule has 1 aromatic carbocycles. The topological polar surface area (TPSA) is 32.3 Å². The number of benzene rings is 1. The average Bonchev–Trinajstić information content (AvgIpc) is 2.55. The van der Waals surface area contributed by atoms with Crippen LogP contribution >= 0.6 is 11.8 Å². The summed E-state index contributed by atoms with van der Waals surface area (Å²) in [5, 5.41) is 3.45. The monoisotopic (exact) mass is 318 g/mol. The zero-order valence-corrected chi connectivity index (χ0v) is 14.3. The molecule has 2 aliphatic heterocycles. The predicted octanol–water partition coefficient (Wildman–Crippen LogP) is 3.08. The van der Waals surface area contributed by atoms with E-state index in [0.717, 1.165) is 26.2 Å². The van der Waals surface area contributed by atoms with E-state index in [1.165, 1.54) is 36.1 Å². The number of nitrogens with one attached hydrogen (secondary N) is 1. The second-order valence-electron chi connectivity index (χ2n) is 6.68. The lowest BCUT2D eigenvalue weighted by Crippen LogP contribution is -2.47. The highest BCUT2D eigenvalue weighted by Gasteiger charge is 2.36. The van der Waals surface area contributed by atoms with E-state index in [1.807, 2.05) is 12.1 Å².